The number of alkyl halides is 3. The first-order valence-electron chi connectivity index (χ1n) is 7.94. The van der Waals surface area contributed by atoms with Crippen molar-refractivity contribution < 1.29 is 17.6 Å². The van der Waals surface area contributed by atoms with E-state index in [4.69, 9.17) is 11.5 Å². The summed E-state index contributed by atoms with van der Waals surface area (Å²) in [6.07, 6.45) is -4.66. The maximum absolute atomic E-state index is 14.5. The molecule has 3 rings (SSSR count). The van der Waals surface area contributed by atoms with Gasteiger partial charge >= 0.3 is 6.18 Å². The number of rotatable bonds is 3. The molecule has 3 aromatic rings. The lowest BCUT2D eigenvalue weighted by Crippen LogP contribution is -2.13. The van der Waals surface area contributed by atoms with E-state index >= 15 is 0 Å². The average molecular weight is 443 g/mol. The van der Waals surface area contributed by atoms with Crippen LogP contribution in [0.1, 0.15) is 29.7 Å². The summed E-state index contributed by atoms with van der Waals surface area (Å²) in [7, 11) is 0. The molecule has 142 valence electrons. The van der Waals surface area contributed by atoms with Crippen molar-refractivity contribution in [3.63, 3.8) is 0 Å². The summed E-state index contributed by atoms with van der Waals surface area (Å²) in [5, 5.41) is 9.32. The Morgan fingerprint density at radius 1 is 1.07 bits per heavy atom. The normalized spacial score (nSPS) is 13.1. The maximum Gasteiger partial charge on any atom is 0.419 e. The molecule has 0 saturated carbocycles. The molecule has 1 unspecified atom stereocenters. The van der Waals surface area contributed by atoms with Crippen molar-refractivity contribution in [2.75, 3.05) is 11.5 Å². The molecule has 0 radical (unpaired) electrons. The lowest BCUT2D eigenvalue weighted by Gasteiger charge is -2.18. The fraction of sp³-hybridized carbons (Fsp3) is 0.222. The van der Waals surface area contributed by atoms with Crippen LogP contribution in [0.3, 0.4) is 0 Å². The number of hydrogen-bond donors (Lipinski definition) is 2. The Morgan fingerprint density at radius 3 is 2.44 bits per heavy atom. The molecule has 0 saturated heterocycles. The second kappa shape index (κ2) is 6.95. The number of aromatic nitrogens is 2. The number of fused-ring (bicyclic) bond motifs is 1. The van der Waals surface area contributed by atoms with Crippen LogP contribution in [0.2, 0.25) is 0 Å². The Kier molecular flexibility index (Phi) is 4.98. The van der Waals surface area contributed by atoms with Gasteiger partial charge in [0.2, 0.25) is 0 Å². The van der Waals surface area contributed by atoms with Crippen LogP contribution in [0.5, 0.6) is 0 Å². The lowest BCUT2D eigenvalue weighted by molar-refractivity contribution is -0.140. The number of nitrogen functional groups attached to an aromatic ring is 2. The smallest absolute Gasteiger partial charge is 0.399 e. The van der Waals surface area contributed by atoms with Crippen molar-refractivity contribution in [3.05, 3.63) is 57.4 Å². The third-order valence-corrected chi connectivity index (χ3v) is 4.80. The topological polar surface area (TPSA) is 77.8 Å². The van der Waals surface area contributed by atoms with E-state index < -0.39 is 23.5 Å². The lowest BCUT2D eigenvalue weighted by atomic mass is 9.92. The summed E-state index contributed by atoms with van der Waals surface area (Å²) in [5.41, 5.74) is 10.3. The molecule has 0 amide bonds. The van der Waals surface area contributed by atoms with Crippen LogP contribution in [-0.4, -0.2) is 10.2 Å². The average Bonchev–Trinajstić information content (AvgIpc) is 2.58. The summed E-state index contributed by atoms with van der Waals surface area (Å²) < 4.78 is 54.5. The fourth-order valence-electron chi connectivity index (χ4n) is 2.99. The zero-order valence-corrected chi connectivity index (χ0v) is 15.7. The Balaban J connectivity index is 2.04. The van der Waals surface area contributed by atoms with E-state index in [1.165, 1.54) is 6.07 Å². The Labute approximate surface area is 160 Å². The van der Waals surface area contributed by atoms with Gasteiger partial charge < -0.3 is 11.5 Å². The van der Waals surface area contributed by atoms with Crippen LogP contribution >= 0.6 is 15.9 Å². The molecule has 0 aliphatic rings. The third kappa shape index (κ3) is 3.83. The highest BCUT2D eigenvalue weighted by molar-refractivity contribution is 9.10. The first-order chi connectivity index (χ1) is 12.6. The number of nitrogens with zero attached hydrogens (tertiary/aromatic N) is 2. The van der Waals surface area contributed by atoms with Gasteiger partial charge in [0.1, 0.15) is 5.82 Å². The molecule has 0 aliphatic heterocycles. The molecule has 27 heavy (non-hydrogen) atoms. The first kappa shape index (κ1) is 19.3. The van der Waals surface area contributed by atoms with E-state index in [1.54, 1.807) is 25.1 Å². The van der Waals surface area contributed by atoms with Gasteiger partial charge in [0.15, 0.2) is 5.82 Å². The van der Waals surface area contributed by atoms with E-state index in [0.717, 1.165) is 4.47 Å². The van der Waals surface area contributed by atoms with Crippen molar-refractivity contribution in [3.8, 4) is 0 Å². The molecule has 2 aromatic carbocycles. The molecule has 0 bridgehead atoms. The second-order valence-electron chi connectivity index (χ2n) is 6.30. The van der Waals surface area contributed by atoms with Gasteiger partial charge in [0.25, 0.3) is 0 Å². The molecule has 0 spiro atoms. The molecule has 4 N–H and O–H groups in total. The molecule has 0 fully saturated rings. The van der Waals surface area contributed by atoms with E-state index in [1.807, 2.05) is 0 Å². The SMILES string of the molecule is CC(Cc1nnc(N)c2cc(Br)ccc12)c1cc(N)cc(C(F)(F)F)c1F. The fourth-order valence-corrected chi connectivity index (χ4v) is 3.35. The van der Waals surface area contributed by atoms with Gasteiger partial charge in [-0.25, -0.2) is 4.39 Å². The Morgan fingerprint density at radius 2 is 1.78 bits per heavy atom. The molecular weight excluding hydrogens is 428 g/mol. The van der Waals surface area contributed by atoms with Crippen LogP contribution in [0.25, 0.3) is 10.8 Å². The van der Waals surface area contributed by atoms with Crippen LogP contribution in [-0.2, 0) is 12.6 Å². The van der Waals surface area contributed by atoms with Crippen molar-refractivity contribution in [1.82, 2.24) is 10.2 Å². The standard InChI is InChI=1S/C18H15BrF4N4/c1-8(12-6-10(24)7-14(16(12)20)18(21,22)23)4-15-11-3-2-9(19)5-13(11)17(25)27-26-15/h2-3,5-8H,4,24H2,1H3,(H2,25,27). The molecule has 9 heteroatoms. The summed E-state index contributed by atoms with van der Waals surface area (Å²) >= 11 is 3.35. The van der Waals surface area contributed by atoms with E-state index in [0.29, 0.717) is 22.5 Å². The minimum Gasteiger partial charge on any atom is -0.399 e. The summed E-state index contributed by atoms with van der Waals surface area (Å²) in [6, 6.07) is 7.17. The van der Waals surface area contributed by atoms with Crippen molar-refractivity contribution in [2.24, 2.45) is 0 Å². The van der Waals surface area contributed by atoms with Gasteiger partial charge in [-0.2, -0.15) is 18.3 Å². The maximum atomic E-state index is 14.5. The number of halogens is 5. The second-order valence-corrected chi connectivity index (χ2v) is 7.21. The third-order valence-electron chi connectivity index (χ3n) is 4.31. The molecule has 0 aliphatic carbocycles. The minimum absolute atomic E-state index is 0.119. The quantitative estimate of drug-likeness (QED) is 0.438. The zero-order chi connectivity index (χ0) is 19.9. The molecular formula is C18H15BrF4N4. The first-order valence-corrected chi connectivity index (χ1v) is 8.73. The largest absolute Gasteiger partial charge is 0.419 e. The van der Waals surface area contributed by atoms with Gasteiger partial charge in [-0.3, -0.25) is 0 Å². The minimum atomic E-state index is -4.83. The Bertz CT molecular complexity index is 1020. The van der Waals surface area contributed by atoms with Crippen LogP contribution < -0.4 is 11.5 Å². The van der Waals surface area contributed by atoms with E-state index in [2.05, 4.69) is 26.1 Å². The highest BCUT2D eigenvalue weighted by Gasteiger charge is 2.36. The van der Waals surface area contributed by atoms with Crippen LogP contribution in [0, 0.1) is 5.82 Å². The number of benzene rings is 2. The summed E-state index contributed by atoms with van der Waals surface area (Å²) in [6.45, 7) is 1.61. The highest BCUT2D eigenvalue weighted by Crippen LogP contribution is 2.37. The predicted octanol–water partition coefficient (Wildman–Crippen LogP) is 5.06. The molecule has 4 nitrogen and oxygen atoms in total. The van der Waals surface area contributed by atoms with Crippen molar-refractivity contribution >= 4 is 38.2 Å². The van der Waals surface area contributed by atoms with Gasteiger partial charge in [-0.05, 0) is 42.2 Å². The van der Waals surface area contributed by atoms with Gasteiger partial charge in [0, 0.05) is 20.9 Å². The van der Waals surface area contributed by atoms with Gasteiger partial charge in [-0.1, -0.05) is 28.9 Å². The molecule has 1 aromatic heterocycles. The van der Waals surface area contributed by atoms with Gasteiger partial charge in [0.05, 0.1) is 11.3 Å². The number of anilines is 2. The van der Waals surface area contributed by atoms with Crippen LogP contribution in [0.15, 0.2) is 34.8 Å². The number of nitrogens with two attached hydrogens (primary N) is 2. The Hall–Kier alpha value is -2.42. The molecule has 1 atom stereocenters. The van der Waals surface area contributed by atoms with Crippen LogP contribution in [0.4, 0.5) is 29.1 Å². The monoisotopic (exact) mass is 442 g/mol. The summed E-state index contributed by atoms with van der Waals surface area (Å²) in [4.78, 5) is 0. The zero-order valence-electron chi connectivity index (χ0n) is 14.1. The highest BCUT2D eigenvalue weighted by atomic mass is 79.9. The predicted molar refractivity (Wildman–Crippen MR) is 99.6 cm³/mol. The van der Waals surface area contributed by atoms with E-state index in [9.17, 15) is 17.6 Å². The van der Waals surface area contributed by atoms with Crippen molar-refractivity contribution in [2.45, 2.75) is 25.4 Å². The van der Waals surface area contributed by atoms with Crippen molar-refractivity contribution in [1.29, 1.82) is 0 Å². The summed E-state index contributed by atoms with van der Waals surface area (Å²) in [5.74, 6) is -1.70. The van der Waals surface area contributed by atoms with E-state index in [-0.39, 0.29) is 23.5 Å². The van der Waals surface area contributed by atoms with Gasteiger partial charge in [-0.15, -0.1) is 5.10 Å². The number of hydrogen-bond acceptors (Lipinski definition) is 4. The molecule has 1 heterocycles.